The van der Waals surface area contributed by atoms with E-state index in [1.54, 1.807) is 0 Å². The zero-order valence-corrected chi connectivity index (χ0v) is 14.0. The van der Waals surface area contributed by atoms with Gasteiger partial charge in [-0.15, -0.1) is 0 Å². The summed E-state index contributed by atoms with van der Waals surface area (Å²) in [5.41, 5.74) is -0.0284. The molecule has 2 saturated carbocycles. The van der Waals surface area contributed by atoms with E-state index in [0.29, 0.717) is 12.3 Å². The van der Waals surface area contributed by atoms with Crippen molar-refractivity contribution in [2.45, 2.75) is 95.7 Å². The summed E-state index contributed by atoms with van der Waals surface area (Å²) in [5.74, 6) is -0.418. The Morgan fingerprint density at radius 1 is 1.14 bits per heavy atom. The van der Waals surface area contributed by atoms with Crippen LogP contribution in [-0.4, -0.2) is 39.4 Å². The molecule has 128 valence electrons. The molecule has 2 aliphatic carbocycles. The van der Waals surface area contributed by atoms with Crippen LogP contribution in [-0.2, 0) is 4.74 Å². The molecule has 3 aliphatic rings. The van der Waals surface area contributed by atoms with Crippen molar-refractivity contribution in [2.24, 2.45) is 17.3 Å². The van der Waals surface area contributed by atoms with Gasteiger partial charge in [-0.25, -0.2) is 0 Å². The average molecular weight is 312 g/mol. The first-order chi connectivity index (χ1) is 10.3. The summed E-state index contributed by atoms with van der Waals surface area (Å²) in [6.45, 7) is 4.02. The maximum atomic E-state index is 11.1. The molecular weight excluding hydrogens is 280 g/mol. The number of fused-ring (bicyclic) bond motifs is 3. The van der Waals surface area contributed by atoms with Crippen molar-refractivity contribution >= 4 is 0 Å². The summed E-state index contributed by atoms with van der Waals surface area (Å²) < 4.78 is 6.14. The number of ether oxygens (including phenoxy) is 1. The van der Waals surface area contributed by atoms with Crippen LogP contribution in [0, 0.1) is 17.3 Å². The van der Waals surface area contributed by atoms with Crippen LogP contribution in [0.25, 0.3) is 0 Å². The molecule has 3 fully saturated rings. The van der Waals surface area contributed by atoms with E-state index in [2.05, 4.69) is 6.92 Å². The van der Waals surface area contributed by atoms with E-state index in [1.807, 2.05) is 6.92 Å². The lowest BCUT2D eigenvalue weighted by molar-refractivity contribution is -0.320. The van der Waals surface area contributed by atoms with E-state index < -0.39 is 5.79 Å². The molecule has 0 radical (unpaired) electrons. The Labute approximate surface area is 133 Å². The van der Waals surface area contributed by atoms with Gasteiger partial charge in [0.15, 0.2) is 5.79 Å². The lowest BCUT2D eigenvalue weighted by Crippen LogP contribution is -2.57. The Morgan fingerprint density at radius 3 is 2.59 bits per heavy atom. The Hall–Kier alpha value is -0.160. The van der Waals surface area contributed by atoms with Gasteiger partial charge < -0.3 is 20.1 Å². The maximum absolute atomic E-state index is 11.1. The van der Waals surface area contributed by atoms with Gasteiger partial charge in [0.05, 0.1) is 18.3 Å². The van der Waals surface area contributed by atoms with E-state index >= 15 is 0 Å². The molecule has 3 rings (SSSR count). The van der Waals surface area contributed by atoms with E-state index in [4.69, 9.17) is 4.74 Å². The summed E-state index contributed by atoms with van der Waals surface area (Å²) in [6, 6.07) is 0. The number of hydrogen-bond donors (Lipinski definition) is 3. The minimum absolute atomic E-state index is 0.0284. The predicted octanol–water partition coefficient (Wildman–Crippen LogP) is 2.59. The first kappa shape index (κ1) is 16.7. The van der Waals surface area contributed by atoms with Gasteiger partial charge in [0.2, 0.25) is 0 Å². The van der Waals surface area contributed by atoms with Crippen LogP contribution >= 0.6 is 0 Å². The standard InChI is InChI=1S/C18H32O4/c1-12(19)4-3-5-13-6-7-15-14-8-9-16(20)17(14,2)10-11-18(15,21)22-13/h12-16,19-21H,3-11H2,1-2H3. The molecule has 1 saturated heterocycles. The van der Waals surface area contributed by atoms with Crippen molar-refractivity contribution in [3.05, 3.63) is 0 Å². The second kappa shape index (κ2) is 6.04. The fourth-order valence-electron chi connectivity index (χ4n) is 5.34. The first-order valence-corrected chi connectivity index (χ1v) is 9.11. The summed E-state index contributed by atoms with van der Waals surface area (Å²) in [4.78, 5) is 0. The Bertz CT molecular complexity index is 399. The maximum Gasteiger partial charge on any atom is 0.168 e. The Balaban J connectivity index is 1.63. The van der Waals surface area contributed by atoms with Crippen LogP contribution in [0.4, 0.5) is 0 Å². The molecule has 4 heteroatoms. The SMILES string of the molecule is CC(O)CCCC1CCC2C3CCC(O)C3(C)CCC2(O)O1. The molecule has 1 heterocycles. The third-order valence-corrected chi connectivity index (χ3v) is 6.76. The molecule has 7 atom stereocenters. The van der Waals surface area contributed by atoms with E-state index in [0.717, 1.165) is 51.4 Å². The molecule has 22 heavy (non-hydrogen) atoms. The molecule has 3 N–H and O–H groups in total. The quantitative estimate of drug-likeness (QED) is 0.746. The topological polar surface area (TPSA) is 69.9 Å². The van der Waals surface area contributed by atoms with Crippen molar-refractivity contribution in [1.82, 2.24) is 0 Å². The van der Waals surface area contributed by atoms with Crippen molar-refractivity contribution in [2.75, 3.05) is 0 Å². The third-order valence-electron chi connectivity index (χ3n) is 6.76. The molecule has 0 aromatic heterocycles. The van der Waals surface area contributed by atoms with Crippen LogP contribution < -0.4 is 0 Å². The zero-order chi connectivity index (χ0) is 16.0. The van der Waals surface area contributed by atoms with Gasteiger partial charge in [-0.3, -0.25) is 0 Å². The van der Waals surface area contributed by atoms with E-state index in [-0.39, 0.29) is 29.6 Å². The monoisotopic (exact) mass is 312 g/mol. The van der Waals surface area contributed by atoms with Crippen molar-refractivity contribution in [3.8, 4) is 0 Å². The number of rotatable bonds is 4. The van der Waals surface area contributed by atoms with E-state index in [1.165, 1.54) is 0 Å². The normalized spacial score (nSPS) is 49.5. The van der Waals surface area contributed by atoms with Gasteiger partial charge in [-0.05, 0) is 69.6 Å². The molecular formula is C18H32O4. The molecule has 7 unspecified atom stereocenters. The van der Waals surface area contributed by atoms with Crippen LogP contribution in [0.3, 0.4) is 0 Å². The van der Waals surface area contributed by atoms with Crippen molar-refractivity contribution < 1.29 is 20.1 Å². The molecule has 0 aromatic carbocycles. The van der Waals surface area contributed by atoms with Gasteiger partial charge in [-0.2, -0.15) is 0 Å². The predicted molar refractivity (Wildman–Crippen MR) is 84.2 cm³/mol. The van der Waals surface area contributed by atoms with Crippen molar-refractivity contribution in [1.29, 1.82) is 0 Å². The van der Waals surface area contributed by atoms with Crippen LogP contribution in [0.2, 0.25) is 0 Å². The van der Waals surface area contributed by atoms with Crippen LogP contribution in [0.1, 0.15) is 71.6 Å². The van der Waals surface area contributed by atoms with Crippen LogP contribution in [0.5, 0.6) is 0 Å². The third kappa shape index (κ3) is 2.83. The number of aliphatic hydroxyl groups excluding tert-OH is 2. The fourth-order valence-corrected chi connectivity index (χ4v) is 5.34. The lowest BCUT2D eigenvalue weighted by Gasteiger charge is -2.54. The average Bonchev–Trinajstić information content (AvgIpc) is 2.74. The molecule has 1 aliphatic heterocycles. The highest BCUT2D eigenvalue weighted by atomic mass is 16.6. The van der Waals surface area contributed by atoms with Gasteiger partial charge in [-0.1, -0.05) is 6.92 Å². The summed E-state index contributed by atoms with van der Waals surface area (Å²) in [7, 11) is 0. The smallest absolute Gasteiger partial charge is 0.168 e. The summed E-state index contributed by atoms with van der Waals surface area (Å²) in [6.07, 6.45) is 7.70. The second-order valence-corrected chi connectivity index (χ2v) is 8.25. The number of aliphatic hydroxyl groups is 3. The van der Waals surface area contributed by atoms with E-state index in [9.17, 15) is 15.3 Å². The Kier molecular flexibility index (Phi) is 4.59. The largest absolute Gasteiger partial charge is 0.393 e. The first-order valence-electron chi connectivity index (χ1n) is 9.11. The van der Waals surface area contributed by atoms with Gasteiger partial charge in [0.25, 0.3) is 0 Å². The van der Waals surface area contributed by atoms with Gasteiger partial charge >= 0.3 is 0 Å². The second-order valence-electron chi connectivity index (χ2n) is 8.25. The minimum Gasteiger partial charge on any atom is -0.393 e. The molecule has 0 bridgehead atoms. The van der Waals surface area contributed by atoms with Crippen molar-refractivity contribution in [3.63, 3.8) is 0 Å². The molecule has 0 aromatic rings. The lowest BCUT2D eigenvalue weighted by atomic mass is 9.59. The molecule has 0 amide bonds. The van der Waals surface area contributed by atoms with Gasteiger partial charge in [0.1, 0.15) is 0 Å². The zero-order valence-electron chi connectivity index (χ0n) is 14.0. The minimum atomic E-state index is -0.984. The highest BCUT2D eigenvalue weighted by molar-refractivity contribution is 5.06. The summed E-state index contributed by atoms with van der Waals surface area (Å²) in [5, 5.41) is 30.8. The van der Waals surface area contributed by atoms with Crippen LogP contribution in [0.15, 0.2) is 0 Å². The molecule has 4 nitrogen and oxygen atoms in total. The Morgan fingerprint density at radius 2 is 1.86 bits per heavy atom. The number of hydrogen-bond acceptors (Lipinski definition) is 4. The van der Waals surface area contributed by atoms with Gasteiger partial charge in [0, 0.05) is 12.3 Å². The molecule has 0 spiro atoms. The highest BCUT2D eigenvalue weighted by Crippen LogP contribution is 2.60. The fraction of sp³-hybridized carbons (Fsp3) is 1.00. The summed E-state index contributed by atoms with van der Waals surface area (Å²) >= 11 is 0. The highest BCUT2D eigenvalue weighted by Gasteiger charge is 2.60.